The number of aromatic nitrogens is 1. The molecule has 0 fully saturated rings. The predicted molar refractivity (Wildman–Crippen MR) is 55.8 cm³/mol. The van der Waals surface area contributed by atoms with Crippen molar-refractivity contribution in [2.45, 2.75) is 6.54 Å². The van der Waals surface area contributed by atoms with Crippen LogP contribution in [-0.4, -0.2) is 33.2 Å². The first-order chi connectivity index (χ1) is 6.19. The molecule has 1 aromatic rings. The van der Waals surface area contributed by atoms with Crippen LogP contribution in [0.3, 0.4) is 0 Å². The minimum atomic E-state index is 0.725. The topological polar surface area (TPSA) is 37.4 Å². The summed E-state index contributed by atoms with van der Waals surface area (Å²) in [6.07, 6.45) is 0. The van der Waals surface area contributed by atoms with Crippen molar-refractivity contribution in [2.75, 3.05) is 33.2 Å². The van der Waals surface area contributed by atoms with Crippen molar-refractivity contribution in [3.63, 3.8) is 0 Å². The van der Waals surface area contributed by atoms with Crippen LogP contribution in [0, 0.1) is 0 Å². The van der Waals surface area contributed by atoms with Gasteiger partial charge in [-0.3, -0.25) is 0 Å². The Balaban J connectivity index is 2.90. The van der Waals surface area contributed by atoms with Crippen LogP contribution >= 0.6 is 11.3 Å². The lowest BCUT2D eigenvalue weighted by atomic mass is 10.5. The third kappa shape index (κ3) is 2.32. The third-order valence-corrected chi connectivity index (χ3v) is 2.77. The molecular formula is C8H15N3OS. The zero-order valence-corrected chi connectivity index (χ0v) is 9.23. The van der Waals surface area contributed by atoms with E-state index >= 15 is 0 Å². The molecule has 5 heteroatoms. The van der Waals surface area contributed by atoms with E-state index in [4.69, 9.17) is 4.74 Å². The lowest BCUT2D eigenvalue weighted by Gasteiger charge is -2.04. The second kappa shape index (κ2) is 4.43. The van der Waals surface area contributed by atoms with Gasteiger partial charge in [0.2, 0.25) is 5.88 Å². The largest absolute Gasteiger partial charge is 0.480 e. The number of hydrogen-bond donors (Lipinski definition) is 1. The van der Waals surface area contributed by atoms with Gasteiger partial charge in [-0.05, 0) is 7.05 Å². The molecule has 0 spiro atoms. The second-order valence-corrected chi connectivity index (χ2v) is 3.92. The summed E-state index contributed by atoms with van der Waals surface area (Å²) in [5.41, 5.74) is 0. The molecule has 1 aromatic heterocycles. The molecule has 0 radical (unpaired) electrons. The molecule has 0 bridgehead atoms. The van der Waals surface area contributed by atoms with Gasteiger partial charge in [-0.1, -0.05) is 11.3 Å². The molecule has 74 valence electrons. The highest BCUT2D eigenvalue weighted by Crippen LogP contribution is 2.29. The van der Waals surface area contributed by atoms with Gasteiger partial charge in [0.25, 0.3) is 0 Å². The minimum absolute atomic E-state index is 0.725. The molecule has 1 heterocycles. The molecule has 0 unspecified atom stereocenters. The standard InChI is InChI=1S/C8H15N3OS/c1-9-5-6-7(12-4)10-8(13-6)11(2)3/h9H,5H2,1-4H3. The van der Waals surface area contributed by atoms with Gasteiger partial charge in [0.05, 0.1) is 12.0 Å². The summed E-state index contributed by atoms with van der Waals surface area (Å²) >= 11 is 1.64. The van der Waals surface area contributed by atoms with E-state index in [2.05, 4.69) is 10.3 Å². The van der Waals surface area contributed by atoms with Gasteiger partial charge in [0.15, 0.2) is 5.13 Å². The summed E-state index contributed by atoms with van der Waals surface area (Å²) < 4.78 is 5.16. The Labute approximate surface area is 82.5 Å². The summed E-state index contributed by atoms with van der Waals surface area (Å²) in [6.45, 7) is 0.800. The molecule has 0 aliphatic rings. The molecule has 0 saturated heterocycles. The quantitative estimate of drug-likeness (QED) is 0.786. The normalized spacial score (nSPS) is 10.2. The van der Waals surface area contributed by atoms with E-state index in [0.717, 1.165) is 22.4 Å². The van der Waals surface area contributed by atoms with E-state index in [0.29, 0.717) is 0 Å². The lowest BCUT2D eigenvalue weighted by Crippen LogP contribution is -2.07. The maximum atomic E-state index is 5.16. The third-order valence-electron chi connectivity index (χ3n) is 1.56. The number of anilines is 1. The molecule has 1 N–H and O–H groups in total. The summed E-state index contributed by atoms with van der Waals surface area (Å²) in [7, 11) is 7.50. The number of methoxy groups -OCH3 is 1. The fourth-order valence-electron chi connectivity index (χ4n) is 0.949. The van der Waals surface area contributed by atoms with Crippen molar-refractivity contribution in [2.24, 2.45) is 0 Å². The average molecular weight is 201 g/mol. The van der Waals surface area contributed by atoms with Crippen LogP contribution in [0.5, 0.6) is 5.88 Å². The fourth-order valence-corrected chi connectivity index (χ4v) is 1.91. The van der Waals surface area contributed by atoms with Crippen molar-refractivity contribution in [3.8, 4) is 5.88 Å². The minimum Gasteiger partial charge on any atom is -0.480 e. The van der Waals surface area contributed by atoms with Crippen molar-refractivity contribution in [1.29, 1.82) is 0 Å². The molecule has 0 aliphatic heterocycles. The molecule has 0 atom stereocenters. The van der Waals surface area contributed by atoms with Crippen LogP contribution < -0.4 is 15.0 Å². The Hall–Kier alpha value is -0.810. The van der Waals surface area contributed by atoms with Gasteiger partial charge in [-0.25, -0.2) is 0 Å². The second-order valence-electron chi connectivity index (χ2n) is 2.85. The fraction of sp³-hybridized carbons (Fsp3) is 0.625. The number of hydrogen-bond acceptors (Lipinski definition) is 5. The molecule has 13 heavy (non-hydrogen) atoms. The smallest absolute Gasteiger partial charge is 0.230 e. The van der Waals surface area contributed by atoms with E-state index < -0.39 is 0 Å². The van der Waals surface area contributed by atoms with Gasteiger partial charge < -0.3 is 15.0 Å². The SMILES string of the molecule is CNCc1sc(N(C)C)nc1OC. The predicted octanol–water partition coefficient (Wildman–Crippen LogP) is 0.937. The summed E-state index contributed by atoms with van der Waals surface area (Å²) in [5, 5.41) is 4.06. The highest BCUT2D eigenvalue weighted by molar-refractivity contribution is 7.15. The van der Waals surface area contributed by atoms with Crippen molar-refractivity contribution < 1.29 is 4.74 Å². The van der Waals surface area contributed by atoms with Crippen LogP contribution in [0.15, 0.2) is 0 Å². The summed E-state index contributed by atoms with van der Waals surface area (Å²) in [4.78, 5) is 7.44. The first-order valence-electron chi connectivity index (χ1n) is 4.04. The van der Waals surface area contributed by atoms with Gasteiger partial charge in [0.1, 0.15) is 0 Å². The Bertz CT molecular complexity index is 272. The highest BCUT2D eigenvalue weighted by atomic mass is 32.1. The van der Waals surface area contributed by atoms with Crippen molar-refractivity contribution in [1.82, 2.24) is 10.3 Å². The van der Waals surface area contributed by atoms with Crippen molar-refractivity contribution in [3.05, 3.63) is 4.88 Å². The van der Waals surface area contributed by atoms with Crippen LogP contribution in [0.1, 0.15) is 4.88 Å². The van der Waals surface area contributed by atoms with E-state index in [1.54, 1.807) is 18.4 Å². The van der Waals surface area contributed by atoms with Crippen molar-refractivity contribution >= 4 is 16.5 Å². The van der Waals surface area contributed by atoms with E-state index in [9.17, 15) is 0 Å². The Morgan fingerprint density at radius 3 is 2.69 bits per heavy atom. The zero-order chi connectivity index (χ0) is 9.84. The number of thiazole rings is 1. The molecule has 0 aliphatic carbocycles. The van der Waals surface area contributed by atoms with E-state index in [1.807, 2.05) is 26.0 Å². The van der Waals surface area contributed by atoms with E-state index in [-0.39, 0.29) is 0 Å². The van der Waals surface area contributed by atoms with E-state index in [1.165, 1.54) is 0 Å². The maximum Gasteiger partial charge on any atom is 0.230 e. The number of rotatable bonds is 4. The molecule has 0 saturated carbocycles. The van der Waals surface area contributed by atoms with Gasteiger partial charge >= 0.3 is 0 Å². The van der Waals surface area contributed by atoms with Crippen LogP contribution in [0.4, 0.5) is 5.13 Å². The number of ether oxygens (including phenoxy) is 1. The summed E-state index contributed by atoms with van der Waals surface area (Å²) in [6, 6.07) is 0. The molecule has 0 amide bonds. The van der Waals surface area contributed by atoms with Crippen LogP contribution in [0.2, 0.25) is 0 Å². The first-order valence-corrected chi connectivity index (χ1v) is 4.86. The first kappa shape index (κ1) is 10.3. The molecule has 4 nitrogen and oxygen atoms in total. The van der Waals surface area contributed by atoms with Crippen LogP contribution in [-0.2, 0) is 6.54 Å². The van der Waals surface area contributed by atoms with Gasteiger partial charge in [-0.15, -0.1) is 0 Å². The average Bonchev–Trinajstić information content (AvgIpc) is 2.48. The Kier molecular flexibility index (Phi) is 3.50. The Morgan fingerprint density at radius 1 is 1.54 bits per heavy atom. The monoisotopic (exact) mass is 201 g/mol. The molecule has 1 rings (SSSR count). The molecular weight excluding hydrogens is 186 g/mol. The number of nitrogens with zero attached hydrogens (tertiary/aromatic N) is 2. The van der Waals surface area contributed by atoms with Gasteiger partial charge in [-0.2, -0.15) is 4.98 Å². The lowest BCUT2D eigenvalue weighted by molar-refractivity contribution is 0.395. The number of nitrogens with one attached hydrogen (secondary N) is 1. The summed E-state index contributed by atoms with van der Waals surface area (Å²) in [5.74, 6) is 0.725. The maximum absolute atomic E-state index is 5.16. The zero-order valence-electron chi connectivity index (χ0n) is 8.42. The van der Waals surface area contributed by atoms with Crippen LogP contribution in [0.25, 0.3) is 0 Å². The highest BCUT2D eigenvalue weighted by Gasteiger charge is 2.11. The molecule has 0 aromatic carbocycles. The Morgan fingerprint density at radius 2 is 2.23 bits per heavy atom. The van der Waals surface area contributed by atoms with Gasteiger partial charge in [0, 0.05) is 20.6 Å².